The van der Waals surface area contributed by atoms with Crippen LogP contribution in [0.4, 0.5) is 4.79 Å². The molecule has 122 valence electrons. The molecule has 0 bridgehead atoms. The van der Waals surface area contributed by atoms with Gasteiger partial charge in [-0.2, -0.15) is 4.98 Å². The van der Waals surface area contributed by atoms with Gasteiger partial charge in [0.25, 0.3) is 0 Å². The van der Waals surface area contributed by atoms with Gasteiger partial charge < -0.3 is 19.2 Å². The third-order valence-electron chi connectivity index (χ3n) is 4.46. The summed E-state index contributed by atoms with van der Waals surface area (Å²) < 4.78 is 10.6. The summed E-state index contributed by atoms with van der Waals surface area (Å²) in [6, 6.07) is 4.02. The second-order valence-electron chi connectivity index (χ2n) is 5.92. The molecule has 0 aromatic carbocycles. The first kappa shape index (κ1) is 14.3. The Morgan fingerprint density at radius 2 is 2.17 bits per heavy atom. The minimum Gasteiger partial charge on any atom is -0.461 e. The van der Waals surface area contributed by atoms with Gasteiger partial charge in [-0.05, 0) is 25.0 Å². The zero-order chi connectivity index (χ0) is 15.6. The zero-order valence-corrected chi connectivity index (χ0v) is 12.8. The highest BCUT2D eigenvalue weighted by atomic mass is 16.5. The monoisotopic (exact) mass is 317 g/mol. The van der Waals surface area contributed by atoms with Crippen molar-refractivity contribution in [1.82, 2.24) is 25.3 Å². The van der Waals surface area contributed by atoms with Crippen LogP contribution in [0.3, 0.4) is 0 Å². The lowest BCUT2D eigenvalue weighted by Crippen LogP contribution is -2.45. The SMILES string of the molecule is O=C1NCCN1C1CCN(Cc2nc(-c3ccco3)no2)CC1. The lowest BCUT2D eigenvalue weighted by Gasteiger charge is -2.35. The fraction of sp³-hybridized carbons (Fsp3) is 0.533. The molecule has 0 unspecified atom stereocenters. The predicted octanol–water partition coefficient (Wildman–Crippen LogP) is 1.32. The molecular weight excluding hydrogens is 298 g/mol. The van der Waals surface area contributed by atoms with Gasteiger partial charge in [0.2, 0.25) is 11.7 Å². The molecular formula is C15H19N5O3. The molecule has 0 spiro atoms. The van der Waals surface area contributed by atoms with Gasteiger partial charge >= 0.3 is 6.03 Å². The quantitative estimate of drug-likeness (QED) is 0.915. The third kappa shape index (κ3) is 2.94. The number of likely N-dealkylation sites (tertiary alicyclic amines) is 1. The van der Waals surface area contributed by atoms with Crippen LogP contribution >= 0.6 is 0 Å². The highest BCUT2D eigenvalue weighted by molar-refractivity contribution is 5.76. The van der Waals surface area contributed by atoms with Gasteiger partial charge in [-0.15, -0.1) is 0 Å². The Hall–Kier alpha value is -2.35. The number of carbonyl (C=O) groups is 1. The summed E-state index contributed by atoms with van der Waals surface area (Å²) in [6.07, 6.45) is 3.55. The second-order valence-corrected chi connectivity index (χ2v) is 5.92. The summed E-state index contributed by atoms with van der Waals surface area (Å²) in [4.78, 5) is 20.3. The van der Waals surface area contributed by atoms with Gasteiger partial charge in [-0.3, -0.25) is 4.90 Å². The van der Waals surface area contributed by atoms with Gasteiger partial charge in [0, 0.05) is 32.2 Å². The van der Waals surface area contributed by atoms with E-state index < -0.39 is 0 Å². The van der Waals surface area contributed by atoms with Crippen molar-refractivity contribution in [3.05, 3.63) is 24.3 Å². The van der Waals surface area contributed by atoms with Crippen LogP contribution in [0.5, 0.6) is 0 Å². The largest absolute Gasteiger partial charge is 0.461 e. The maximum absolute atomic E-state index is 11.7. The Bertz CT molecular complexity index is 660. The van der Waals surface area contributed by atoms with Gasteiger partial charge in [-0.25, -0.2) is 4.79 Å². The van der Waals surface area contributed by atoms with Crippen molar-refractivity contribution in [2.75, 3.05) is 26.2 Å². The van der Waals surface area contributed by atoms with Crippen LogP contribution in [0.2, 0.25) is 0 Å². The third-order valence-corrected chi connectivity index (χ3v) is 4.46. The Labute approximate surface area is 133 Å². The number of aromatic nitrogens is 2. The van der Waals surface area contributed by atoms with E-state index in [1.54, 1.807) is 18.4 Å². The van der Waals surface area contributed by atoms with E-state index in [2.05, 4.69) is 20.4 Å². The molecule has 23 heavy (non-hydrogen) atoms. The van der Waals surface area contributed by atoms with Crippen LogP contribution in [0.1, 0.15) is 18.7 Å². The maximum Gasteiger partial charge on any atom is 0.317 e. The van der Waals surface area contributed by atoms with Crippen molar-refractivity contribution < 1.29 is 13.7 Å². The number of piperidine rings is 1. The molecule has 1 N–H and O–H groups in total. The lowest BCUT2D eigenvalue weighted by atomic mass is 10.0. The van der Waals surface area contributed by atoms with Crippen LogP contribution in [0.15, 0.2) is 27.3 Å². The Morgan fingerprint density at radius 3 is 2.87 bits per heavy atom. The number of hydrogen-bond acceptors (Lipinski definition) is 6. The van der Waals surface area contributed by atoms with Crippen LogP contribution < -0.4 is 5.32 Å². The topological polar surface area (TPSA) is 87.6 Å². The number of rotatable bonds is 4. The van der Waals surface area contributed by atoms with E-state index in [9.17, 15) is 4.79 Å². The van der Waals surface area contributed by atoms with Crippen LogP contribution in [-0.2, 0) is 6.54 Å². The summed E-state index contributed by atoms with van der Waals surface area (Å²) in [5.74, 6) is 1.68. The average molecular weight is 317 g/mol. The van der Waals surface area contributed by atoms with Gasteiger partial charge in [0.1, 0.15) is 0 Å². The highest BCUT2D eigenvalue weighted by Gasteiger charge is 2.31. The van der Waals surface area contributed by atoms with E-state index in [1.807, 2.05) is 4.90 Å². The maximum atomic E-state index is 11.7. The fourth-order valence-corrected chi connectivity index (χ4v) is 3.24. The van der Waals surface area contributed by atoms with E-state index in [-0.39, 0.29) is 6.03 Å². The summed E-state index contributed by atoms with van der Waals surface area (Å²) in [6.45, 7) is 4.06. The first-order valence-electron chi connectivity index (χ1n) is 7.93. The highest BCUT2D eigenvalue weighted by Crippen LogP contribution is 2.21. The van der Waals surface area contributed by atoms with Crippen molar-refractivity contribution in [2.45, 2.75) is 25.4 Å². The molecule has 2 aliphatic heterocycles. The van der Waals surface area contributed by atoms with Gasteiger partial charge in [-0.1, -0.05) is 5.16 Å². The minimum absolute atomic E-state index is 0.0726. The van der Waals surface area contributed by atoms with Crippen molar-refractivity contribution in [1.29, 1.82) is 0 Å². The zero-order valence-electron chi connectivity index (χ0n) is 12.8. The molecule has 0 radical (unpaired) electrons. The second kappa shape index (κ2) is 6.04. The van der Waals surface area contributed by atoms with Crippen molar-refractivity contribution in [2.24, 2.45) is 0 Å². The molecule has 8 nitrogen and oxygen atoms in total. The van der Waals surface area contributed by atoms with Gasteiger partial charge in [0.15, 0.2) is 5.76 Å². The lowest BCUT2D eigenvalue weighted by molar-refractivity contribution is 0.123. The summed E-state index contributed by atoms with van der Waals surface area (Å²) in [5, 5.41) is 6.81. The molecule has 0 atom stereocenters. The Morgan fingerprint density at radius 1 is 1.30 bits per heavy atom. The number of nitrogens with zero attached hydrogens (tertiary/aromatic N) is 4. The molecule has 2 aromatic heterocycles. The molecule has 2 aliphatic rings. The molecule has 4 heterocycles. The van der Waals surface area contributed by atoms with Crippen molar-refractivity contribution >= 4 is 6.03 Å². The number of carbonyl (C=O) groups excluding carboxylic acids is 1. The van der Waals surface area contributed by atoms with Crippen LogP contribution in [0, 0.1) is 0 Å². The molecule has 2 saturated heterocycles. The number of nitrogens with one attached hydrogen (secondary N) is 1. The average Bonchev–Trinajstić information content (AvgIpc) is 3.29. The smallest absolute Gasteiger partial charge is 0.317 e. The number of hydrogen-bond donors (Lipinski definition) is 1. The van der Waals surface area contributed by atoms with Crippen LogP contribution in [0.25, 0.3) is 11.6 Å². The first-order chi connectivity index (χ1) is 11.3. The summed E-state index contributed by atoms with van der Waals surface area (Å²) in [7, 11) is 0. The van der Waals surface area contributed by atoms with Crippen molar-refractivity contribution in [3.63, 3.8) is 0 Å². The van der Waals surface area contributed by atoms with E-state index >= 15 is 0 Å². The van der Waals surface area contributed by atoms with E-state index in [4.69, 9.17) is 8.94 Å². The minimum atomic E-state index is 0.0726. The fourth-order valence-electron chi connectivity index (χ4n) is 3.24. The summed E-state index contributed by atoms with van der Waals surface area (Å²) in [5.41, 5.74) is 0. The predicted molar refractivity (Wildman–Crippen MR) is 80.4 cm³/mol. The normalized spacial score (nSPS) is 20.2. The molecule has 8 heteroatoms. The summed E-state index contributed by atoms with van der Waals surface area (Å²) >= 11 is 0. The number of furan rings is 1. The number of amides is 2. The molecule has 2 aromatic rings. The Balaban J connectivity index is 1.32. The van der Waals surface area contributed by atoms with Crippen molar-refractivity contribution in [3.8, 4) is 11.6 Å². The van der Waals surface area contributed by atoms with Gasteiger partial charge in [0.05, 0.1) is 12.8 Å². The first-order valence-corrected chi connectivity index (χ1v) is 7.93. The Kier molecular flexibility index (Phi) is 3.74. The van der Waals surface area contributed by atoms with E-state index in [0.29, 0.717) is 30.1 Å². The van der Waals surface area contributed by atoms with Crippen LogP contribution in [-0.4, -0.2) is 58.2 Å². The molecule has 2 amide bonds. The standard InChI is InChI=1S/C15H19N5O3/c21-15-16-5-8-20(15)11-3-6-19(7-4-11)10-13-17-14(18-23-13)12-2-1-9-22-12/h1-2,9,11H,3-8,10H2,(H,16,21). The van der Waals surface area contributed by atoms with E-state index in [0.717, 1.165) is 39.0 Å². The number of urea groups is 1. The molecule has 2 fully saturated rings. The molecule has 0 saturated carbocycles. The van der Waals surface area contributed by atoms with E-state index in [1.165, 1.54) is 0 Å². The molecule has 0 aliphatic carbocycles. The molecule has 4 rings (SSSR count).